The van der Waals surface area contributed by atoms with E-state index in [1.165, 1.54) is 0 Å². The molecule has 0 atom stereocenters. The molecule has 0 spiro atoms. The van der Waals surface area contributed by atoms with Gasteiger partial charge in [0.15, 0.2) is 0 Å². The molecule has 0 aliphatic heterocycles. The van der Waals surface area contributed by atoms with Crippen LogP contribution in [0.25, 0.3) is 22.3 Å². The van der Waals surface area contributed by atoms with Crippen LogP contribution in [0, 0.1) is 0 Å². The minimum absolute atomic E-state index is 0.621. The number of hydrogen-bond acceptors (Lipinski definition) is 3. The van der Waals surface area contributed by atoms with Crippen molar-refractivity contribution in [1.82, 2.24) is 19.3 Å². The van der Waals surface area contributed by atoms with E-state index in [1.54, 1.807) is 0 Å². The van der Waals surface area contributed by atoms with E-state index in [2.05, 4.69) is 34.3 Å². The molecule has 2 aromatic heterocycles. The van der Waals surface area contributed by atoms with Crippen LogP contribution in [0.1, 0.15) is 5.69 Å². The van der Waals surface area contributed by atoms with Crippen LogP contribution in [0.4, 0.5) is 0 Å². The van der Waals surface area contributed by atoms with Gasteiger partial charge in [0, 0.05) is 26.1 Å². The Bertz CT molecular complexity index is 723. The second-order valence-corrected chi connectivity index (χ2v) is 4.74. The molecular formula is C14H17N5. The van der Waals surface area contributed by atoms with Crippen molar-refractivity contribution in [2.45, 2.75) is 6.42 Å². The average Bonchev–Trinajstić information content (AvgIpc) is 2.94. The monoisotopic (exact) mass is 255 g/mol. The Hall–Kier alpha value is -2.14. The molecule has 1 aromatic carbocycles. The van der Waals surface area contributed by atoms with Crippen LogP contribution in [0.15, 0.2) is 30.6 Å². The Morgan fingerprint density at radius 1 is 1.21 bits per heavy atom. The van der Waals surface area contributed by atoms with Crippen molar-refractivity contribution in [3.63, 3.8) is 0 Å². The van der Waals surface area contributed by atoms with Crippen molar-refractivity contribution in [3.8, 4) is 11.3 Å². The van der Waals surface area contributed by atoms with Crippen LogP contribution < -0.4 is 5.73 Å². The maximum Gasteiger partial charge on any atom is 0.0955 e. The highest BCUT2D eigenvalue weighted by Gasteiger charge is 2.09. The van der Waals surface area contributed by atoms with E-state index in [9.17, 15) is 0 Å². The molecule has 2 N–H and O–H groups in total. The van der Waals surface area contributed by atoms with Crippen LogP contribution in [0.2, 0.25) is 0 Å². The van der Waals surface area contributed by atoms with Gasteiger partial charge in [-0.05, 0) is 24.7 Å². The van der Waals surface area contributed by atoms with E-state index < -0.39 is 0 Å². The number of nitrogens with two attached hydrogens (primary N) is 1. The smallest absolute Gasteiger partial charge is 0.0955 e. The van der Waals surface area contributed by atoms with Crippen LogP contribution in [-0.2, 0) is 20.5 Å². The average molecular weight is 255 g/mol. The number of aryl methyl sites for hydroxylation is 2. The van der Waals surface area contributed by atoms with Crippen LogP contribution in [0.5, 0.6) is 0 Å². The molecule has 0 aliphatic rings. The molecule has 19 heavy (non-hydrogen) atoms. The topological polar surface area (TPSA) is 61.7 Å². The summed E-state index contributed by atoms with van der Waals surface area (Å²) in [5.74, 6) is 0. The zero-order valence-electron chi connectivity index (χ0n) is 11.2. The lowest BCUT2D eigenvalue weighted by Gasteiger charge is -2.02. The summed E-state index contributed by atoms with van der Waals surface area (Å²) in [6.07, 6.45) is 2.64. The lowest BCUT2D eigenvalue weighted by Crippen LogP contribution is -2.03. The number of benzene rings is 1. The lowest BCUT2D eigenvalue weighted by molar-refractivity contribution is 0.745. The number of imidazole rings is 1. The summed E-state index contributed by atoms with van der Waals surface area (Å²) in [4.78, 5) is 4.39. The van der Waals surface area contributed by atoms with Gasteiger partial charge in [0.05, 0.1) is 28.7 Å². The molecule has 0 radical (unpaired) electrons. The number of hydrogen-bond donors (Lipinski definition) is 1. The summed E-state index contributed by atoms with van der Waals surface area (Å²) in [6.45, 7) is 0.621. The predicted octanol–water partition coefficient (Wildman–Crippen LogP) is 1.47. The summed E-state index contributed by atoms with van der Waals surface area (Å²) in [5.41, 5.74) is 11.0. The zero-order valence-corrected chi connectivity index (χ0v) is 11.2. The van der Waals surface area contributed by atoms with Gasteiger partial charge < -0.3 is 10.3 Å². The van der Waals surface area contributed by atoms with Gasteiger partial charge in [-0.2, -0.15) is 5.10 Å². The van der Waals surface area contributed by atoms with Crippen molar-refractivity contribution in [3.05, 3.63) is 36.3 Å². The van der Waals surface area contributed by atoms with Gasteiger partial charge in [-0.15, -0.1) is 0 Å². The molecule has 0 bridgehead atoms. The Kier molecular flexibility index (Phi) is 2.83. The maximum atomic E-state index is 5.57. The fourth-order valence-corrected chi connectivity index (χ4v) is 2.36. The summed E-state index contributed by atoms with van der Waals surface area (Å²) in [6, 6.07) is 8.38. The molecule has 5 heteroatoms. The molecule has 0 unspecified atom stereocenters. The first-order valence-electron chi connectivity index (χ1n) is 6.33. The molecule has 0 aliphatic carbocycles. The van der Waals surface area contributed by atoms with Gasteiger partial charge in [-0.3, -0.25) is 4.68 Å². The van der Waals surface area contributed by atoms with Gasteiger partial charge in [0.1, 0.15) is 0 Å². The summed E-state index contributed by atoms with van der Waals surface area (Å²) in [5, 5.41) is 4.47. The minimum atomic E-state index is 0.621. The van der Waals surface area contributed by atoms with Crippen LogP contribution >= 0.6 is 0 Å². The first kappa shape index (κ1) is 11.9. The van der Waals surface area contributed by atoms with Gasteiger partial charge in [-0.1, -0.05) is 6.07 Å². The Labute approximate surface area is 111 Å². The van der Waals surface area contributed by atoms with Crippen molar-refractivity contribution in [1.29, 1.82) is 0 Å². The summed E-state index contributed by atoms with van der Waals surface area (Å²) < 4.78 is 3.91. The molecule has 0 saturated heterocycles. The normalized spacial score (nSPS) is 11.3. The SMILES string of the molecule is Cn1nc(CCN)cc1-c1ccc2c(c1)ncn2C. The molecule has 0 amide bonds. The van der Waals surface area contributed by atoms with Crippen LogP contribution in [-0.4, -0.2) is 25.9 Å². The predicted molar refractivity (Wildman–Crippen MR) is 75.7 cm³/mol. The van der Waals surface area contributed by atoms with Crippen molar-refractivity contribution in [2.24, 2.45) is 19.8 Å². The highest BCUT2D eigenvalue weighted by molar-refractivity contribution is 5.81. The minimum Gasteiger partial charge on any atom is -0.334 e. The highest BCUT2D eigenvalue weighted by atomic mass is 15.3. The standard InChI is InChI=1S/C14H17N5/c1-18-9-16-12-7-10(3-4-13(12)18)14-8-11(5-6-15)17-19(14)2/h3-4,7-9H,5-6,15H2,1-2H3. The van der Waals surface area contributed by atoms with E-state index in [0.717, 1.165) is 34.4 Å². The third kappa shape index (κ3) is 2.02. The second-order valence-electron chi connectivity index (χ2n) is 4.74. The number of nitrogens with zero attached hydrogens (tertiary/aromatic N) is 4. The fraction of sp³-hybridized carbons (Fsp3) is 0.286. The Morgan fingerprint density at radius 2 is 2.05 bits per heavy atom. The molecule has 0 fully saturated rings. The summed E-state index contributed by atoms with van der Waals surface area (Å²) >= 11 is 0. The second kappa shape index (κ2) is 4.51. The molecule has 0 saturated carbocycles. The number of aromatic nitrogens is 4. The quantitative estimate of drug-likeness (QED) is 0.771. The fourth-order valence-electron chi connectivity index (χ4n) is 2.36. The van der Waals surface area contributed by atoms with E-state index in [4.69, 9.17) is 5.73 Å². The van der Waals surface area contributed by atoms with E-state index in [1.807, 2.05) is 29.7 Å². The Balaban J connectivity index is 2.08. The Morgan fingerprint density at radius 3 is 2.84 bits per heavy atom. The first-order valence-corrected chi connectivity index (χ1v) is 6.33. The first-order chi connectivity index (χ1) is 9.19. The largest absolute Gasteiger partial charge is 0.334 e. The maximum absolute atomic E-state index is 5.57. The molecule has 5 nitrogen and oxygen atoms in total. The van der Waals surface area contributed by atoms with Crippen molar-refractivity contribution >= 4 is 11.0 Å². The van der Waals surface area contributed by atoms with Crippen LogP contribution in [0.3, 0.4) is 0 Å². The molecule has 2 heterocycles. The molecular weight excluding hydrogens is 238 g/mol. The lowest BCUT2D eigenvalue weighted by atomic mass is 10.1. The van der Waals surface area contributed by atoms with E-state index in [-0.39, 0.29) is 0 Å². The van der Waals surface area contributed by atoms with Gasteiger partial charge in [0.25, 0.3) is 0 Å². The molecule has 3 aromatic rings. The van der Waals surface area contributed by atoms with Gasteiger partial charge in [-0.25, -0.2) is 4.98 Å². The van der Waals surface area contributed by atoms with E-state index >= 15 is 0 Å². The number of rotatable bonds is 3. The highest BCUT2D eigenvalue weighted by Crippen LogP contribution is 2.24. The molecule has 98 valence electrons. The number of fused-ring (bicyclic) bond motifs is 1. The van der Waals surface area contributed by atoms with Crippen molar-refractivity contribution < 1.29 is 0 Å². The van der Waals surface area contributed by atoms with Crippen molar-refractivity contribution in [2.75, 3.05) is 6.54 Å². The van der Waals surface area contributed by atoms with E-state index in [0.29, 0.717) is 6.54 Å². The summed E-state index contributed by atoms with van der Waals surface area (Å²) in [7, 11) is 3.95. The third-order valence-electron chi connectivity index (χ3n) is 3.35. The van der Waals surface area contributed by atoms with Gasteiger partial charge in [0.2, 0.25) is 0 Å². The molecule has 3 rings (SSSR count). The van der Waals surface area contributed by atoms with Gasteiger partial charge >= 0.3 is 0 Å². The third-order valence-corrected chi connectivity index (χ3v) is 3.35. The zero-order chi connectivity index (χ0) is 13.4.